The fourth-order valence-electron chi connectivity index (χ4n) is 7.49. The number of nitrogens with one attached hydrogen (secondary N) is 1. The van der Waals surface area contributed by atoms with Crippen LogP contribution in [0.1, 0.15) is 42.7 Å². The fraction of sp³-hybridized carbons (Fsp3) is 0.295. The number of aromatic nitrogens is 3. The van der Waals surface area contributed by atoms with Gasteiger partial charge in [0, 0.05) is 54.3 Å². The molecule has 11 nitrogen and oxygen atoms in total. The average Bonchev–Trinajstić information content (AvgIpc) is 3.73. The van der Waals surface area contributed by atoms with Crippen LogP contribution < -0.4 is 19.7 Å². The Hall–Kier alpha value is -5.56. The van der Waals surface area contributed by atoms with Gasteiger partial charge in [-0.1, -0.05) is 62.4 Å². The Bertz CT molecular complexity index is 2460. The van der Waals surface area contributed by atoms with Crippen LogP contribution in [0.3, 0.4) is 0 Å². The number of benzene rings is 4. The first kappa shape index (κ1) is 37.4. The van der Waals surface area contributed by atoms with Crippen LogP contribution in [0, 0.1) is 5.92 Å². The van der Waals surface area contributed by atoms with Crippen LogP contribution in [0.2, 0.25) is 0 Å². The highest BCUT2D eigenvalue weighted by Crippen LogP contribution is 2.41. The number of hydrogen-bond acceptors (Lipinski definition) is 11. The van der Waals surface area contributed by atoms with Crippen molar-refractivity contribution in [2.24, 2.45) is 5.92 Å². The molecule has 0 atom stereocenters. The number of rotatable bonds is 13. The predicted octanol–water partition coefficient (Wildman–Crippen LogP) is 8.34. The standard InChI is InChI=1S/C44H45N5O6S/c1-28(2)34-15-16-38(49-24-30(25-49)27-56(4,50)51)37-23-46-41(22-36(34)37)47-40-17-18-45-43(48-40)32-8-5-7-31(21-32)35-9-6-10-39(42(35)44-53-19-20-54-44)55-26-29-11-13-33(52-3)14-12-29/h5-18,21-23,28,30,44H,19-20,24-27H2,1-4H3,(H,45,46,47,48). The van der Waals surface area contributed by atoms with Gasteiger partial charge in [0.2, 0.25) is 0 Å². The summed E-state index contributed by atoms with van der Waals surface area (Å²) < 4.78 is 47.5. The van der Waals surface area contributed by atoms with Crippen molar-refractivity contribution in [2.75, 3.05) is 55.6 Å². The van der Waals surface area contributed by atoms with E-state index in [0.717, 1.165) is 50.0 Å². The van der Waals surface area contributed by atoms with E-state index in [1.807, 2.05) is 60.8 Å². The van der Waals surface area contributed by atoms with Crippen molar-refractivity contribution >= 4 is 37.9 Å². The quantitative estimate of drug-likeness (QED) is 0.122. The summed E-state index contributed by atoms with van der Waals surface area (Å²) in [6.45, 7) is 7.16. The number of fused-ring (bicyclic) bond motifs is 1. The van der Waals surface area contributed by atoms with Gasteiger partial charge in [0.1, 0.15) is 39.6 Å². The van der Waals surface area contributed by atoms with Crippen LogP contribution in [0.5, 0.6) is 11.5 Å². The van der Waals surface area contributed by atoms with Crippen molar-refractivity contribution in [1.29, 1.82) is 0 Å². The average molecular weight is 772 g/mol. The molecule has 1 N–H and O–H groups in total. The molecule has 0 amide bonds. The summed E-state index contributed by atoms with van der Waals surface area (Å²) in [6, 6.07) is 30.1. The second-order valence-electron chi connectivity index (χ2n) is 14.7. The lowest BCUT2D eigenvalue weighted by atomic mass is 9.93. The summed E-state index contributed by atoms with van der Waals surface area (Å²) in [5.74, 6) is 3.97. The smallest absolute Gasteiger partial charge is 0.188 e. The first-order chi connectivity index (χ1) is 27.1. The molecule has 12 heteroatoms. The number of methoxy groups -OCH3 is 1. The number of ether oxygens (including phenoxy) is 4. The maximum Gasteiger partial charge on any atom is 0.188 e. The van der Waals surface area contributed by atoms with Crippen LogP contribution in [0.4, 0.5) is 17.3 Å². The van der Waals surface area contributed by atoms with Crippen LogP contribution >= 0.6 is 0 Å². The summed E-state index contributed by atoms with van der Waals surface area (Å²) in [5, 5.41) is 5.56. The van der Waals surface area contributed by atoms with Crippen molar-refractivity contribution in [3.8, 4) is 34.0 Å². The Morgan fingerprint density at radius 2 is 1.64 bits per heavy atom. The molecule has 2 aliphatic heterocycles. The SMILES string of the molecule is COc1ccc(COc2cccc(-c3cccc(-c4nccc(Nc5cc6c(C(C)C)ccc(N7CC(CS(C)(=O)=O)C7)c6cn5)n4)c3)c2C2OCCO2)cc1. The van der Waals surface area contributed by atoms with E-state index in [2.05, 4.69) is 65.4 Å². The molecule has 0 radical (unpaired) electrons. The zero-order valence-corrected chi connectivity index (χ0v) is 32.8. The zero-order chi connectivity index (χ0) is 38.8. The number of nitrogens with zero attached hydrogens (tertiary/aromatic N) is 4. The van der Waals surface area contributed by atoms with Crippen molar-refractivity contribution in [3.05, 3.63) is 120 Å². The molecular weight excluding hydrogens is 727 g/mol. The topological polar surface area (TPSA) is 125 Å². The molecule has 288 valence electrons. The molecule has 0 spiro atoms. The lowest BCUT2D eigenvalue weighted by molar-refractivity contribution is -0.0454. The van der Waals surface area contributed by atoms with E-state index in [-0.39, 0.29) is 11.7 Å². The number of pyridine rings is 1. The predicted molar refractivity (Wildman–Crippen MR) is 219 cm³/mol. The fourth-order valence-corrected chi connectivity index (χ4v) is 8.56. The third-order valence-electron chi connectivity index (χ3n) is 10.2. The highest BCUT2D eigenvalue weighted by Gasteiger charge is 2.31. The van der Waals surface area contributed by atoms with E-state index >= 15 is 0 Å². The normalized spacial score (nSPS) is 15.0. The third kappa shape index (κ3) is 8.18. The first-order valence-electron chi connectivity index (χ1n) is 18.8. The number of sulfone groups is 1. The minimum Gasteiger partial charge on any atom is -0.497 e. The largest absolute Gasteiger partial charge is 0.497 e. The van der Waals surface area contributed by atoms with Gasteiger partial charge in [-0.15, -0.1) is 0 Å². The van der Waals surface area contributed by atoms with Gasteiger partial charge in [-0.05, 0) is 76.0 Å². The van der Waals surface area contributed by atoms with Crippen LogP contribution in [-0.4, -0.2) is 68.8 Å². The molecule has 6 aromatic rings. The van der Waals surface area contributed by atoms with Gasteiger partial charge in [-0.25, -0.2) is 23.4 Å². The van der Waals surface area contributed by atoms with Crippen LogP contribution in [0.25, 0.3) is 33.3 Å². The Labute approximate surface area is 327 Å². The molecule has 2 fully saturated rings. The first-order valence-corrected chi connectivity index (χ1v) is 20.9. The van der Waals surface area contributed by atoms with Gasteiger partial charge in [-0.2, -0.15) is 0 Å². The van der Waals surface area contributed by atoms with Gasteiger partial charge in [0.15, 0.2) is 12.1 Å². The molecule has 56 heavy (non-hydrogen) atoms. The summed E-state index contributed by atoms with van der Waals surface area (Å²) in [5.41, 5.74) is 6.86. The second-order valence-corrected chi connectivity index (χ2v) is 16.9. The molecule has 4 heterocycles. The Morgan fingerprint density at radius 1 is 0.875 bits per heavy atom. The van der Waals surface area contributed by atoms with E-state index in [1.165, 1.54) is 11.8 Å². The molecule has 4 aromatic carbocycles. The molecule has 0 unspecified atom stereocenters. The Kier molecular flexibility index (Phi) is 10.6. The summed E-state index contributed by atoms with van der Waals surface area (Å²) in [7, 11) is -1.36. The summed E-state index contributed by atoms with van der Waals surface area (Å²) in [4.78, 5) is 16.6. The molecule has 0 bridgehead atoms. The van der Waals surface area contributed by atoms with Gasteiger partial charge >= 0.3 is 0 Å². The highest BCUT2D eigenvalue weighted by molar-refractivity contribution is 7.90. The molecule has 0 aliphatic carbocycles. The Morgan fingerprint density at radius 3 is 2.39 bits per heavy atom. The van der Waals surface area contributed by atoms with Crippen molar-refractivity contribution in [1.82, 2.24) is 15.0 Å². The van der Waals surface area contributed by atoms with E-state index in [1.54, 1.807) is 13.3 Å². The zero-order valence-electron chi connectivity index (χ0n) is 31.9. The second kappa shape index (κ2) is 15.9. The van der Waals surface area contributed by atoms with Crippen LogP contribution in [-0.2, 0) is 25.9 Å². The van der Waals surface area contributed by atoms with Gasteiger partial charge in [0.25, 0.3) is 0 Å². The van der Waals surface area contributed by atoms with Gasteiger partial charge < -0.3 is 29.2 Å². The molecule has 8 rings (SSSR count). The minimum absolute atomic E-state index is 0.138. The number of anilines is 3. The molecule has 0 saturated carbocycles. The molecule has 2 saturated heterocycles. The van der Waals surface area contributed by atoms with Gasteiger partial charge in [0.05, 0.1) is 31.6 Å². The summed E-state index contributed by atoms with van der Waals surface area (Å²) in [6.07, 6.45) is 4.39. The van der Waals surface area contributed by atoms with Crippen molar-refractivity contribution in [2.45, 2.75) is 32.7 Å². The van der Waals surface area contributed by atoms with E-state index in [4.69, 9.17) is 28.9 Å². The van der Waals surface area contributed by atoms with E-state index in [0.29, 0.717) is 62.0 Å². The minimum atomic E-state index is -3.01. The lowest BCUT2D eigenvalue weighted by Gasteiger charge is -2.41. The maximum atomic E-state index is 11.9. The third-order valence-corrected chi connectivity index (χ3v) is 11.3. The molecule has 2 aliphatic rings. The maximum absolute atomic E-state index is 11.9. The molecular formula is C44H45N5O6S. The van der Waals surface area contributed by atoms with E-state index < -0.39 is 16.1 Å². The number of hydrogen-bond donors (Lipinski definition) is 1. The molecule has 2 aromatic heterocycles. The van der Waals surface area contributed by atoms with Crippen molar-refractivity contribution < 1.29 is 27.4 Å². The lowest BCUT2D eigenvalue weighted by Crippen LogP contribution is -2.49. The monoisotopic (exact) mass is 771 g/mol. The van der Waals surface area contributed by atoms with Gasteiger partial charge in [-0.3, -0.25) is 0 Å². The van der Waals surface area contributed by atoms with E-state index in [9.17, 15) is 8.42 Å². The van der Waals surface area contributed by atoms with Crippen LogP contribution in [0.15, 0.2) is 103 Å². The highest BCUT2D eigenvalue weighted by atomic mass is 32.2. The Balaban J connectivity index is 1.05. The van der Waals surface area contributed by atoms with Crippen molar-refractivity contribution in [3.63, 3.8) is 0 Å². The summed E-state index contributed by atoms with van der Waals surface area (Å²) >= 11 is 0.